The molecule has 0 saturated heterocycles. The molecule has 9 heteroatoms. The summed E-state index contributed by atoms with van der Waals surface area (Å²) >= 11 is 4.86. The van der Waals surface area contributed by atoms with E-state index >= 15 is 0 Å². The standard InChI is InChI=1S/C19H16BrN3O4S/c1-27-10-9-22-16-7-6-14(20)12-17(16)28-19(22)21-18(24)8-5-13-3-2-4-15(11-13)23(25)26/h2-8,11-12H,9-10H2,1H3. The minimum atomic E-state index is -0.475. The Bertz CT molecular complexity index is 1130. The second-order valence-electron chi connectivity index (χ2n) is 5.78. The first-order valence-corrected chi connectivity index (χ1v) is 9.88. The predicted octanol–water partition coefficient (Wildman–Crippen LogP) is 4.16. The van der Waals surface area contributed by atoms with Gasteiger partial charge in [-0.2, -0.15) is 4.99 Å². The van der Waals surface area contributed by atoms with E-state index in [1.807, 2.05) is 22.8 Å². The summed E-state index contributed by atoms with van der Waals surface area (Å²) in [6.45, 7) is 1.06. The van der Waals surface area contributed by atoms with Crippen molar-refractivity contribution in [3.8, 4) is 0 Å². The van der Waals surface area contributed by atoms with Crippen LogP contribution in [0.15, 0.2) is 58.0 Å². The van der Waals surface area contributed by atoms with Crippen molar-refractivity contribution in [3.05, 3.63) is 73.5 Å². The van der Waals surface area contributed by atoms with Crippen LogP contribution in [0.1, 0.15) is 5.56 Å². The molecular formula is C19H16BrN3O4S. The lowest BCUT2D eigenvalue weighted by atomic mass is 10.2. The number of fused-ring (bicyclic) bond motifs is 1. The first-order valence-electron chi connectivity index (χ1n) is 8.27. The SMILES string of the molecule is COCCn1c(=NC(=O)C=Cc2cccc([N+](=O)[O-])c2)sc2cc(Br)ccc21. The number of hydrogen-bond acceptors (Lipinski definition) is 5. The number of carbonyl (C=O) groups excluding carboxylic acids is 1. The van der Waals surface area contributed by atoms with Gasteiger partial charge in [0, 0.05) is 36.3 Å². The van der Waals surface area contributed by atoms with Crippen LogP contribution in [0.4, 0.5) is 5.69 Å². The summed E-state index contributed by atoms with van der Waals surface area (Å²) in [6.07, 6.45) is 2.82. The fourth-order valence-corrected chi connectivity index (χ4v) is 4.19. The Hall–Kier alpha value is -2.62. The molecule has 7 nitrogen and oxygen atoms in total. The van der Waals surface area contributed by atoms with Gasteiger partial charge in [0.15, 0.2) is 4.80 Å². The molecule has 1 heterocycles. The van der Waals surface area contributed by atoms with Crippen molar-refractivity contribution in [1.29, 1.82) is 0 Å². The molecule has 0 unspecified atom stereocenters. The molecule has 0 aliphatic heterocycles. The third kappa shape index (κ3) is 4.80. The Balaban J connectivity index is 1.93. The van der Waals surface area contributed by atoms with Gasteiger partial charge in [0.1, 0.15) is 0 Å². The first-order chi connectivity index (χ1) is 13.5. The summed E-state index contributed by atoms with van der Waals surface area (Å²) < 4.78 is 9.05. The summed E-state index contributed by atoms with van der Waals surface area (Å²) in [5, 5.41) is 10.8. The van der Waals surface area contributed by atoms with Gasteiger partial charge in [-0.05, 0) is 29.8 Å². The molecule has 2 aromatic carbocycles. The molecular weight excluding hydrogens is 446 g/mol. The van der Waals surface area contributed by atoms with E-state index in [2.05, 4.69) is 20.9 Å². The Labute approximate surface area is 172 Å². The Morgan fingerprint density at radius 1 is 1.36 bits per heavy atom. The molecule has 3 rings (SSSR count). The van der Waals surface area contributed by atoms with Crippen molar-refractivity contribution in [2.24, 2.45) is 4.99 Å². The molecule has 3 aromatic rings. The van der Waals surface area contributed by atoms with E-state index in [1.165, 1.54) is 35.6 Å². The summed E-state index contributed by atoms with van der Waals surface area (Å²) in [5.74, 6) is -0.441. The van der Waals surface area contributed by atoms with E-state index in [0.29, 0.717) is 23.5 Å². The number of ether oxygens (including phenoxy) is 1. The smallest absolute Gasteiger partial charge is 0.272 e. The van der Waals surface area contributed by atoms with Crippen LogP contribution in [0, 0.1) is 10.1 Å². The minimum absolute atomic E-state index is 0.0287. The summed E-state index contributed by atoms with van der Waals surface area (Å²) in [5.41, 5.74) is 1.50. The predicted molar refractivity (Wildman–Crippen MR) is 112 cm³/mol. The van der Waals surface area contributed by atoms with Crippen LogP contribution in [0.25, 0.3) is 16.3 Å². The number of benzene rings is 2. The number of methoxy groups -OCH3 is 1. The van der Waals surface area contributed by atoms with Crippen LogP contribution < -0.4 is 4.80 Å². The highest BCUT2D eigenvalue weighted by molar-refractivity contribution is 9.10. The molecule has 0 atom stereocenters. The molecule has 144 valence electrons. The van der Waals surface area contributed by atoms with Gasteiger partial charge in [-0.15, -0.1) is 0 Å². The normalized spacial score (nSPS) is 12.1. The van der Waals surface area contributed by atoms with Crippen molar-refractivity contribution in [3.63, 3.8) is 0 Å². The van der Waals surface area contributed by atoms with Gasteiger partial charge in [-0.25, -0.2) is 0 Å². The van der Waals surface area contributed by atoms with Crippen LogP contribution in [0.3, 0.4) is 0 Å². The molecule has 0 radical (unpaired) electrons. The number of non-ortho nitro benzene ring substituents is 1. The fourth-order valence-electron chi connectivity index (χ4n) is 2.57. The van der Waals surface area contributed by atoms with E-state index in [9.17, 15) is 14.9 Å². The highest BCUT2D eigenvalue weighted by Gasteiger charge is 2.08. The topological polar surface area (TPSA) is 86.7 Å². The molecule has 0 saturated carbocycles. The molecule has 0 aliphatic rings. The highest BCUT2D eigenvalue weighted by atomic mass is 79.9. The number of amides is 1. The van der Waals surface area contributed by atoms with Crippen LogP contribution in [0.2, 0.25) is 0 Å². The van der Waals surface area contributed by atoms with Gasteiger partial charge in [-0.1, -0.05) is 39.4 Å². The van der Waals surface area contributed by atoms with E-state index in [1.54, 1.807) is 19.2 Å². The van der Waals surface area contributed by atoms with Crippen molar-refractivity contribution >= 4 is 55.2 Å². The van der Waals surface area contributed by atoms with Crippen LogP contribution in [-0.4, -0.2) is 29.1 Å². The summed E-state index contributed by atoms with van der Waals surface area (Å²) in [7, 11) is 1.62. The molecule has 0 spiro atoms. The Morgan fingerprint density at radius 2 is 2.18 bits per heavy atom. The zero-order chi connectivity index (χ0) is 20.1. The molecule has 0 bridgehead atoms. The number of halogens is 1. The average molecular weight is 462 g/mol. The summed E-state index contributed by atoms with van der Waals surface area (Å²) in [4.78, 5) is 27.5. The average Bonchev–Trinajstić information content (AvgIpc) is 3.00. The van der Waals surface area contributed by atoms with E-state index in [0.717, 1.165) is 14.7 Å². The van der Waals surface area contributed by atoms with Gasteiger partial charge in [0.2, 0.25) is 0 Å². The highest BCUT2D eigenvalue weighted by Crippen LogP contribution is 2.22. The van der Waals surface area contributed by atoms with E-state index in [4.69, 9.17) is 4.74 Å². The molecule has 0 fully saturated rings. The third-order valence-electron chi connectivity index (χ3n) is 3.87. The summed E-state index contributed by atoms with van der Waals surface area (Å²) in [6, 6.07) is 11.9. The Morgan fingerprint density at radius 3 is 2.93 bits per heavy atom. The fraction of sp³-hybridized carbons (Fsp3) is 0.158. The van der Waals surface area contributed by atoms with Crippen LogP contribution in [0.5, 0.6) is 0 Å². The maximum absolute atomic E-state index is 12.3. The second-order valence-corrected chi connectivity index (χ2v) is 7.70. The molecule has 0 N–H and O–H groups in total. The van der Waals surface area contributed by atoms with Crippen molar-refractivity contribution in [2.45, 2.75) is 6.54 Å². The van der Waals surface area contributed by atoms with Crippen molar-refractivity contribution in [1.82, 2.24) is 4.57 Å². The zero-order valence-electron chi connectivity index (χ0n) is 14.9. The lowest BCUT2D eigenvalue weighted by Crippen LogP contribution is -2.18. The number of hydrogen-bond donors (Lipinski definition) is 0. The number of thiazole rings is 1. The monoisotopic (exact) mass is 461 g/mol. The molecule has 1 aromatic heterocycles. The number of carbonyl (C=O) groups is 1. The maximum atomic E-state index is 12.3. The largest absolute Gasteiger partial charge is 0.383 e. The van der Waals surface area contributed by atoms with Gasteiger partial charge < -0.3 is 9.30 Å². The molecule has 1 amide bonds. The van der Waals surface area contributed by atoms with Gasteiger partial charge in [0.25, 0.3) is 11.6 Å². The quantitative estimate of drug-likeness (QED) is 0.313. The van der Waals surface area contributed by atoms with Gasteiger partial charge in [-0.3, -0.25) is 14.9 Å². The third-order valence-corrected chi connectivity index (χ3v) is 5.40. The zero-order valence-corrected chi connectivity index (χ0v) is 17.3. The van der Waals surface area contributed by atoms with Gasteiger partial charge >= 0.3 is 0 Å². The first kappa shape index (κ1) is 20.1. The number of nitrogens with zero attached hydrogens (tertiary/aromatic N) is 3. The second kappa shape index (κ2) is 9.05. The number of nitro benzene ring substituents is 1. The van der Waals surface area contributed by atoms with Crippen molar-refractivity contribution in [2.75, 3.05) is 13.7 Å². The van der Waals surface area contributed by atoms with Crippen LogP contribution in [-0.2, 0) is 16.1 Å². The van der Waals surface area contributed by atoms with Gasteiger partial charge in [0.05, 0.1) is 21.7 Å². The number of rotatable bonds is 6. The van der Waals surface area contributed by atoms with E-state index < -0.39 is 10.8 Å². The molecule has 0 aliphatic carbocycles. The van der Waals surface area contributed by atoms with Crippen LogP contribution >= 0.6 is 27.3 Å². The minimum Gasteiger partial charge on any atom is -0.383 e. The number of aromatic nitrogens is 1. The van der Waals surface area contributed by atoms with Crippen molar-refractivity contribution < 1.29 is 14.5 Å². The maximum Gasteiger partial charge on any atom is 0.272 e. The molecule has 28 heavy (non-hydrogen) atoms. The lowest BCUT2D eigenvalue weighted by Gasteiger charge is -2.03. The lowest BCUT2D eigenvalue weighted by molar-refractivity contribution is -0.384. The number of nitro groups is 1. The van der Waals surface area contributed by atoms with E-state index in [-0.39, 0.29) is 5.69 Å². The Kier molecular flexibility index (Phi) is 6.50.